The minimum absolute atomic E-state index is 0.0828. The van der Waals surface area contributed by atoms with Crippen LogP contribution in [-0.2, 0) is 16.4 Å². The molecule has 0 aromatic heterocycles. The molecule has 0 bridgehead atoms. The quantitative estimate of drug-likeness (QED) is 0.841. The second-order valence-corrected chi connectivity index (χ2v) is 7.32. The van der Waals surface area contributed by atoms with E-state index >= 15 is 0 Å². The van der Waals surface area contributed by atoms with Gasteiger partial charge in [0.1, 0.15) is 5.75 Å². The number of hydrogen-bond acceptors (Lipinski definition) is 3. The van der Waals surface area contributed by atoms with E-state index in [0.717, 1.165) is 29.8 Å². The first-order chi connectivity index (χ1) is 11.2. The molecule has 0 saturated carbocycles. The number of para-hydroxylation sites is 1. The van der Waals surface area contributed by atoms with Crippen molar-refractivity contribution in [2.75, 3.05) is 4.31 Å². The van der Waals surface area contributed by atoms with Gasteiger partial charge in [-0.05, 0) is 49.2 Å². The van der Waals surface area contributed by atoms with Crippen molar-refractivity contribution in [3.05, 3.63) is 54.1 Å². The molecule has 128 valence electrons. The highest BCUT2D eigenvalue weighted by atomic mass is 32.2. The average Bonchev–Trinajstić information content (AvgIpc) is 2.82. The predicted molar refractivity (Wildman–Crippen MR) is 82.4 cm³/mol. The van der Waals surface area contributed by atoms with Crippen molar-refractivity contribution in [1.29, 1.82) is 0 Å². The highest BCUT2D eigenvalue weighted by Crippen LogP contribution is 2.36. The Kier molecular flexibility index (Phi) is 3.95. The van der Waals surface area contributed by atoms with Crippen LogP contribution in [0.2, 0.25) is 0 Å². The summed E-state index contributed by atoms with van der Waals surface area (Å²) in [6.07, 6.45) is -4.23. The van der Waals surface area contributed by atoms with Crippen LogP contribution < -0.4 is 9.04 Å². The molecule has 0 amide bonds. The van der Waals surface area contributed by atoms with Gasteiger partial charge in [-0.15, -0.1) is 13.2 Å². The SMILES string of the molecule is C[C@H]1Cc2ccccc2N1S(=O)(=O)c1ccc(OC(F)(F)F)cc1. The first kappa shape index (κ1) is 16.6. The van der Waals surface area contributed by atoms with Gasteiger partial charge in [-0.25, -0.2) is 8.42 Å². The molecular formula is C16H14F3NO3S. The summed E-state index contributed by atoms with van der Waals surface area (Å²) in [6.45, 7) is 1.79. The maximum absolute atomic E-state index is 12.9. The number of rotatable bonds is 3. The zero-order valence-electron chi connectivity index (χ0n) is 12.6. The molecule has 1 aliphatic heterocycles. The number of halogens is 3. The van der Waals surface area contributed by atoms with Crippen LogP contribution in [0.4, 0.5) is 18.9 Å². The van der Waals surface area contributed by atoms with Crippen molar-refractivity contribution in [3.8, 4) is 5.75 Å². The normalized spacial score (nSPS) is 17.7. The lowest BCUT2D eigenvalue weighted by atomic mass is 10.1. The standard InChI is InChI=1S/C16H14F3NO3S/c1-11-10-12-4-2-3-5-15(12)20(11)24(21,22)14-8-6-13(7-9-14)23-16(17,18)19/h2-9,11H,10H2,1H3/t11-/m0/s1. The van der Waals surface area contributed by atoms with Gasteiger partial charge in [0, 0.05) is 6.04 Å². The molecule has 3 rings (SSSR count). The fourth-order valence-corrected chi connectivity index (χ4v) is 4.52. The Morgan fingerprint density at radius 3 is 2.33 bits per heavy atom. The zero-order valence-corrected chi connectivity index (χ0v) is 13.4. The molecule has 24 heavy (non-hydrogen) atoms. The molecule has 1 aliphatic rings. The second kappa shape index (κ2) is 5.70. The smallest absolute Gasteiger partial charge is 0.406 e. The molecule has 0 radical (unpaired) electrons. The number of ether oxygens (including phenoxy) is 1. The van der Waals surface area contributed by atoms with Crippen LogP contribution in [0, 0.1) is 0 Å². The summed E-state index contributed by atoms with van der Waals surface area (Å²) in [7, 11) is -3.87. The summed E-state index contributed by atoms with van der Waals surface area (Å²) in [4.78, 5) is -0.0828. The van der Waals surface area contributed by atoms with Crippen LogP contribution in [0.5, 0.6) is 5.75 Å². The predicted octanol–water partition coefficient (Wildman–Crippen LogP) is 3.73. The average molecular weight is 357 g/mol. The summed E-state index contributed by atoms with van der Waals surface area (Å²) >= 11 is 0. The van der Waals surface area contributed by atoms with E-state index in [1.54, 1.807) is 19.1 Å². The molecule has 4 nitrogen and oxygen atoms in total. The molecule has 2 aromatic carbocycles. The van der Waals surface area contributed by atoms with Gasteiger partial charge in [-0.2, -0.15) is 0 Å². The fraction of sp³-hybridized carbons (Fsp3) is 0.250. The van der Waals surface area contributed by atoms with Gasteiger partial charge in [0.15, 0.2) is 0 Å². The minimum Gasteiger partial charge on any atom is -0.406 e. The maximum atomic E-state index is 12.9. The highest BCUT2D eigenvalue weighted by Gasteiger charge is 2.36. The van der Waals surface area contributed by atoms with Crippen molar-refractivity contribution in [2.45, 2.75) is 30.6 Å². The number of alkyl halides is 3. The molecule has 0 aliphatic carbocycles. The van der Waals surface area contributed by atoms with Crippen LogP contribution in [0.3, 0.4) is 0 Å². The first-order valence-electron chi connectivity index (χ1n) is 7.16. The molecule has 2 aromatic rings. The second-order valence-electron chi connectivity index (χ2n) is 5.50. The number of sulfonamides is 1. The van der Waals surface area contributed by atoms with Gasteiger partial charge in [0.2, 0.25) is 0 Å². The Bertz CT molecular complexity index is 848. The number of anilines is 1. The molecule has 0 saturated heterocycles. The van der Waals surface area contributed by atoms with Gasteiger partial charge in [-0.1, -0.05) is 18.2 Å². The lowest BCUT2D eigenvalue weighted by Crippen LogP contribution is -2.35. The molecular weight excluding hydrogens is 343 g/mol. The van der Waals surface area contributed by atoms with Crippen LogP contribution in [0.25, 0.3) is 0 Å². The fourth-order valence-electron chi connectivity index (χ4n) is 2.83. The van der Waals surface area contributed by atoms with Crippen LogP contribution in [0.1, 0.15) is 12.5 Å². The molecule has 1 atom stereocenters. The van der Waals surface area contributed by atoms with Gasteiger partial charge < -0.3 is 4.74 Å². The van der Waals surface area contributed by atoms with E-state index in [4.69, 9.17) is 0 Å². The van der Waals surface area contributed by atoms with Crippen LogP contribution in [0.15, 0.2) is 53.4 Å². The van der Waals surface area contributed by atoms with E-state index in [-0.39, 0.29) is 10.9 Å². The molecule has 0 unspecified atom stereocenters. The Morgan fingerprint density at radius 2 is 1.71 bits per heavy atom. The number of nitrogens with zero attached hydrogens (tertiary/aromatic N) is 1. The molecule has 0 fully saturated rings. The van der Waals surface area contributed by atoms with E-state index in [1.807, 2.05) is 12.1 Å². The van der Waals surface area contributed by atoms with Gasteiger partial charge in [0.05, 0.1) is 10.6 Å². The largest absolute Gasteiger partial charge is 0.573 e. The van der Waals surface area contributed by atoms with Gasteiger partial charge in [0.25, 0.3) is 10.0 Å². The summed E-state index contributed by atoms with van der Waals surface area (Å²) < 4.78 is 67.4. The van der Waals surface area contributed by atoms with Gasteiger partial charge >= 0.3 is 6.36 Å². The third kappa shape index (κ3) is 3.06. The molecule has 8 heteroatoms. The van der Waals surface area contributed by atoms with Crippen molar-refractivity contribution >= 4 is 15.7 Å². The molecule has 0 spiro atoms. The lowest BCUT2D eigenvalue weighted by Gasteiger charge is -2.24. The van der Waals surface area contributed by atoms with Gasteiger partial charge in [-0.3, -0.25) is 4.31 Å². The monoisotopic (exact) mass is 357 g/mol. The van der Waals surface area contributed by atoms with E-state index < -0.39 is 22.1 Å². The lowest BCUT2D eigenvalue weighted by molar-refractivity contribution is -0.274. The van der Waals surface area contributed by atoms with Crippen LogP contribution in [-0.4, -0.2) is 20.8 Å². The van der Waals surface area contributed by atoms with E-state index in [2.05, 4.69) is 4.74 Å². The Morgan fingerprint density at radius 1 is 1.08 bits per heavy atom. The third-order valence-electron chi connectivity index (χ3n) is 3.76. The number of hydrogen-bond donors (Lipinski definition) is 0. The molecule has 1 heterocycles. The zero-order chi connectivity index (χ0) is 17.5. The Balaban J connectivity index is 1.94. The summed E-state index contributed by atoms with van der Waals surface area (Å²) in [5, 5.41) is 0. The Labute approximate surface area is 137 Å². The number of benzene rings is 2. The van der Waals surface area contributed by atoms with E-state index in [1.165, 1.54) is 4.31 Å². The summed E-state index contributed by atoms with van der Waals surface area (Å²) in [5.41, 5.74) is 1.52. The number of fused-ring (bicyclic) bond motifs is 1. The topological polar surface area (TPSA) is 46.6 Å². The summed E-state index contributed by atoms with van der Waals surface area (Å²) in [6, 6.07) is 11.1. The van der Waals surface area contributed by atoms with Crippen molar-refractivity contribution in [2.24, 2.45) is 0 Å². The maximum Gasteiger partial charge on any atom is 0.573 e. The van der Waals surface area contributed by atoms with Crippen molar-refractivity contribution in [3.63, 3.8) is 0 Å². The van der Waals surface area contributed by atoms with E-state index in [0.29, 0.717) is 12.1 Å². The Hall–Kier alpha value is -2.22. The minimum atomic E-state index is -4.82. The first-order valence-corrected chi connectivity index (χ1v) is 8.60. The van der Waals surface area contributed by atoms with E-state index in [9.17, 15) is 21.6 Å². The van der Waals surface area contributed by atoms with Crippen molar-refractivity contribution < 1.29 is 26.3 Å². The highest BCUT2D eigenvalue weighted by molar-refractivity contribution is 7.92. The van der Waals surface area contributed by atoms with Crippen LogP contribution >= 0.6 is 0 Å². The summed E-state index contributed by atoms with van der Waals surface area (Å²) in [5.74, 6) is -0.462. The third-order valence-corrected chi connectivity index (χ3v) is 5.70. The van der Waals surface area contributed by atoms with Crippen molar-refractivity contribution in [1.82, 2.24) is 0 Å². The molecule has 0 N–H and O–H groups in total.